The van der Waals surface area contributed by atoms with E-state index in [1.807, 2.05) is 37.4 Å². The molecule has 0 bridgehead atoms. The molecule has 6 heteroatoms. The van der Waals surface area contributed by atoms with Crippen molar-refractivity contribution < 1.29 is 4.79 Å². The highest BCUT2D eigenvalue weighted by Crippen LogP contribution is 2.26. The third kappa shape index (κ3) is 4.73. The minimum Gasteiger partial charge on any atom is -0.342 e. The van der Waals surface area contributed by atoms with Crippen LogP contribution in [0.2, 0.25) is 0 Å². The lowest BCUT2D eigenvalue weighted by atomic mass is 9.92. The first-order valence-corrected chi connectivity index (χ1v) is 9.33. The molecule has 1 aliphatic heterocycles. The molecule has 1 aliphatic rings. The molecule has 0 saturated carbocycles. The van der Waals surface area contributed by atoms with E-state index < -0.39 is 0 Å². The number of piperidine rings is 1. The summed E-state index contributed by atoms with van der Waals surface area (Å²) in [4.78, 5) is 18.7. The van der Waals surface area contributed by atoms with E-state index in [1.165, 1.54) is 0 Å². The molecule has 124 valence electrons. The van der Waals surface area contributed by atoms with Crippen LogP contribution in [0.25, 0.3) is 0 Å². The Kier molecular flexibility index (Phi) is 5.89. The summed E-state index contributed by atoms with van der Waals surface area (Å²) in [6.45, 7) is 9.87. The zero-order valence-electron chi connectivity index (χ0n) is 14.2. The molecule has 0 unspecified atom stereocenters. The smallest absolute Gasteiger partial charge is 0.227 e. The Balaban J connectivity index is 1.68. The second-order valence-electron chi connectivity index (χ2n) is 7.05. The Morgan fingerprint density at radius 2 is 2.05 bits per heavy atom. The van der Waals surface area contributed by atoms with Crippen LogP contribution >= 0.6 is 11.8 Å². The molecule has 5 nitrogen and oxygen atoms in total. The average molecular weight is 324 g/mol. The van der Waals surface area contributed by atoms with Crippen LogP contribution in [-0.4, -0.2) is 44.8 Å². The third-order valence-corrected chi connectivity index (χ3v) is 5.21. The molecule has 1 aromatic rings. The van der Waals surface area contributed by atoms with Crippen molar-refractivity contribution in [3.05, 3.63) is 11.6 Å². The summed E-state index contributed by atoms with van der Waals surface area (Å²) in [7, 11) is 0. The monoisotopic (exact) mass is 324 g/mol. The van der Waals surface area contributed by atoms with Crippen molar-refractivity contribution in [3.8, 4) is 0 Å². The van der Waals surface area contributed by atoms with Crippen LogP contribution in [-0.2, 0) is 17.0 Å². The largest absolute Gasteiger partial charge is 0.342 e. The number of nitrogens with zero attached hydrogens (tertiary/aromatic N) is 3. The van der Waals surface area contributed by atoms with E-state index >= 15 is 0 Å². The van der Waals surface area contributed by atoms with E-state index in [1.54, 1.807) is 0 Å². The Labute approximate surface area is 137 Å². The van der Waals surface area contributed by atoms with Gasteiger partial charge in [0.1, 0.15) is 11.6 Å². The van der Waals surface area contributed by atoms with Gasteiger partial charge < -0.3 is 4.90 Å². The maximum atomic E-state index is 12.3. The number of likely N-dealkylation sites (tertiary alicyclic amines) is 1. The van der Waals surface area contributed by atoms with Crippen LogP contribution in [0.15, 0.2) is 0 Å². The van der Waals surface area contributed by atoms with Crippen molar-refractivity contribution in [1.82, 2.24) is 20.1 Å². The highest BCUT2D eigenvalue weighted by Gasteiger charge is 2.30. The third-order valence-electron chi connectivity index (χ3n) is 4.03. The van der Waals surface area contributed by atoms with Crippen LogP contribution in [0, 0.1) is 11.3 Å². The van der Waals surface area contributed by atoms with E-state index in [9.17, 15) is 4.79 Å². The van der Waals surface area contributed by atoms with Crippen LogP contribution in [0.4, 0.5) is 0 Å². The molecule has 1 saturated heterocycles. The second-order valence-corrected chi connectivity index (χ2v) is 8.08. The number of aryl methyl sites for hydroxylation is 1. The lowest BCUT2D eigenvalue weighted by Gasteiger charge is -2.35. The number of thioether (sulfide) groups is 1. The summed E-state index contributed by atoms with van der Waals surface area (Å²) in [6.07, 6.45) is 3.11. The molecule has 1 amide bonds. The maximum Gasteiger partial charge on any atom is 0.227 e. The van der Waals surface area contributed by atoms with E-state index in [-0.39, 0.29) is 11.3 Å². The molecule has 1 fully saturated rings. The molecule has 2 heterocycles. The Hall–Kier alpha value is -1.04. The zero-order chi connectivity index (χ0) is 16.2. The number of hydrogen-bond acceptors (Lipinski definition) is 4. The molecule has 0 radical (unpaired) electrons. The Bertz CT molecular complexity index is 487. The second kappa shape index (κ2) is 7.49. The molecule has 1 aromatic heterocycles. The molecule has 0 atom stereocenters. The quantitative estimate of drug-likeness (QED) is 0.904. The highest BCUT2D eigenvalue weighted by atomic mass is 32.2. The van der Waals surface area contributed by atoms with Gasteiger partial charge in [-0.25, -0.2) is 4.98 Å². The number of aromatic nitrogens is 3. The summed E-state index contributed by atoms with van der Waals surface area (Å²) in [5, 5.41) is 7.16. The summed E-state index contributed by atoms with van der Waals surface area (Å²) in [5.74, 6) is 4.90. The van der Waals surface area contributed by atoms with E-state index in [2.05, 4.69) is 22.1 Å². The van der Waals surface area contributed by atoms with Gasteiger partial charge in [-0.3, -0.25) is 9.89 Å². The fourth-order valence-electron chi connectivity index (χ4n) is 2.66. The molecular formula is C16H28N4OS. The standard InChI is InChI=1S/C16H28N4OS/c1-5-13-17-14(19-18-13)11-22-10-12-6-8-20(9-7-12)15(21)16(2,3)4/h12H,5-11H2,1-4H3,(H,17,18,19). The van der Waals surface area contributed by atoms with Gasteiger partial charge in [0.05, 0.1) is 5.75 Å². The van der Waals surface area contributed by atoms with E-state index in [0.29, 0.717) is 5.92 Å². The molecule has 1 N–H and O–H groups in total. The predicted molar refractivity (Wildman–Crippen MR) is 90.7 cm³/mol. The van der Waals surface area contributed by atoms with Crippen molar-refractivity contribution in [2.75, 3.05) is 18.8 Å². The molecule has 0 aromatic carbocycles. The van der Waals surface area contributed by atoms with E-state index in [4.69, 9.17) is 0 Å². The number of H-pyrrole nitrogens is 1. The lowest BCUT2D eigenvalue weighted by Crippen LogP contribution is -2.44. The van der Waals surface area contributed by atoms with Crippen LogP contribution < -0.4 is 0 Å². The number of nitrogens with one attached hydrogen (secondary N) is 1. The summed E-state index contributed by atoms with van der Waals surface area (Å²) >= 11 is 1.91. The topological polar surface area (TPSA) is 61.9 Å². The van der Waals surface area contributed by atoms with Crippen molar-refractivity contribution in [2.45, 2.75) is 52.7 Å². The fourth-order valence-corrected chi connectivity index (χ4v) is 3.76. The average Bonchev–Trinajstić information content (AvgIpc) is 2.94. The van der Waals surface area contributed by atoms with Crippen molar-refractivity contribution in [1.29, 1.82) is 0 Å². The first kappa shape index (κ1) is 17.3. The first-order chi connectivity index (χ1) is 10.4. The highest BCUT2D eigenvalue weighted by molar-refractivity contribution is 7.98. The Morgan fingerprint density at radius 1 is 1.36 bits per heavy atom. The minimum absolute atomic E-state index is 0.259. The Morgan fingerprint density at radius 3 is 2.59 bits per heavy atom. The first-order valence-electron chi connectivity index (χ1n) is 8.17. The van der Waals surface area contributed by atoms with Gasteiger partial charge in [-0.1, -0.05) is 27.7 Å². The van der Waals surface area contributed by atoms with Gasteiger partial charge in [0.2, 0.25) is 5.91 Å². The number of carbonyl (C=O) groups excluding carboxylic acids is 1. The maximum absolute atomic E-state index is 12.3. The number of aromatic amines is 1. The van der Waals surface area contributed by atoms with Crippen LogP contribution in [0.1, 0.15) is 52.2 Å². The molecular weight excluding hydrogens is 296 g/mol. The molecule has 0 spiro atoms. The van der Waals surface area contributed by atoms with Gasteiger partial charge >= 0.3 is 0 Å². The van der Waals surface area contributed by atoms with E-state index in [0.717, 1.165) is 55.5 Å². The number of hydrogen-bond donors (Lipinski definition) is 1. The van der Waals surface area contributed by atoms with Crippen LogP contribution in [0.5, 0.6) is 0 Å². The van der Waals surface area contributed by atoms with Crippen molar-refractivity contribution >= 4 is 17.7 Å². The van der Waals surface area contributed by atoms with Gasteiger partial charge in [-0.2, -0.15) is 16.9 Å². The summed E-state index contributed by atoms with van der Waals surface area (Å²) in [5.41, 5.74) is -0.259. The number of carbonyl (C=O) groups is 1. The van der Waals surface area contributed by atoms with Crippen LogP contribution in [0.3, 0.4) is 0 Å². The molecule has 22 heavy (non-hydrogen) atoms. The van der Waals surface area contributed by atoms with Gasteiger partial charge in [0.25, 0.3) is 0 Å². The van der Waals surface area contributed by atoms with Crippen molar-refractivity contribution in [2.24, 2.45) is 11.3 Å². The van der Waals surface area contributed by atoms with Crippen molar-refractivity contribution in [3.63, 3.8) is 0 Å². The lowest BCUT2D eigenvalue weighted by molar-refractivity contribution is -0.140. The summed E-state index contributed by atoms with van der Waals surface area (Å²) < 4.78 is 0. The van der Waals surface area contributed by atoms with Gasteiger partial charge in [-0.15, -0.1) is 0 Å². The number of amides is 1. The molecule has 2 rings (SSSR count). The molecule has 0 aliphatic carbocycles. The SMILES string of the molecule is CCc1n[nH]c(CSCC2CCN(C(=O)C(C)(C)C)CC2)n1. The fraction of sp³-hybridized carbons (Fsp3) is 0.812. The normalized spacial score (nSPS) is 17.0. The predicted octanol–water partition coefficient (Wildman–Crippen LogP) is 2.89. The van der Waals surface area contributed by atoms with Gasteiger partial charge in [0, 0.05) is 24.9 Å². The summed E-state index contributed by atoms with van der Waals surface area (Å²) in [6, 6.07) is 0. The van der Waals surface area contributed by atoms with Gasteiger partial charge in [-0.05, 0) is 24.5 Å². The zero-order valence-corrected chi connectivity index (χ0v) is 15.0. The minimum atomic E-state index is -0.259. The number of rotatable bonds is 5. The van der Waals surface area contributed by atoms with Gasteiger partial charge in [0.15, 0.2) is 0 Å².